The number of nitrogens with one attached hydrogen (secondary N) is 2. The Balaban J connectivity index is 1.72. The van der Waals surface area contributed by atoms with Gasteiger partial charge in [-0.3, -0.25) is 19.7 Å². The van der Waals surface area contributed by atoms with Crippen molar-refractivity contribution < 1.29 is 24.0 Å². The zero-order valence-corrected chi connectivity index (χ0v) is 20.2. The first-order valence-electron chi connectivity index (χ1n) is 11.2. The summed E-state index contributed by atoms with van der Waals surface area (Å²) in [4.78, 5) is 35.2. The van der Waals surface area contributed by atoms with Crippen LogP contribution in [0.3, 0.4) is 0 Å². The fourth-order valence-corrected chi connectivity index (χ4v) is 3.28. The van der Waals surface area contributed by atoms with E-state index in [2.05, 4.69) is 10.6 Å². The number of carbonyl (C=O) groups excluding carboxylic acids is 2. The van der Waals surface area contributed by atoms with Crippen molar-refractivity contribution in [1.82, 2.24) is 0 Å². The lowest BCUT2D eigenvalue weighted by molar-refractivity contribution is -0.384. The van der Waals surface area contributed by atoms with Gasteiger partial charge in [0.05, 0.1) is 11.5 Å². The van der Waals surface area contributed by atoms with E-state index in [-0.39, 0.29) is 29.5 Å². The molecule has 0 bridgehead atoms. The predicted molar refractivity (Wildman–Crippen MR) is 138 cm³/mol. The van der Waals surface area contributed by atoms with Gasteiger partial charge in [-0.15, -0.1) is 0 Å². The van der Waals surface area contributed by atoms with E-state index < -0.39 is 10.8 Å². The Morgan fingerprint density at radius 1 is 1.00 bits per heavy atom. The Morgan fingerprint density at radius 2 is 1.73 bits per heavy atom. The number of nitriles is 1. The van der Waals surface area contributed by atoms with Gasteiger partial charge in [0, 0.05) is 23.5 Å². The molecule has 10 heteroatoms. The number of ether oxygens (including phenoxy) is 2. The fraction of sp³-hybridized carbons (Fsp3) is 0.148. The van der Waals surface area contributed by atoms with Gasteiger partial charge in [-0.05, 0) is 61.4 Å². The van der Waals surface area contributed by atoms with Gasteiger partial charge in [0.25, 0.3) is 17.5 Å². The van der Waals surface area contributed by atoms with Crippen LogP contribution in [-0.4, -0.2) is 30.0 Å². The lowest BCUT2D eigenvalue weighted by Gasteiger charge is -2.13. The number of hydrogen-bond donors (Lipinski definition) is 2. The van der Waals surface area contributed by atoms with Crippen LogP contribution in [0.2, 0.25) is 0 Å². The topological polar surface area (TPSA) is 144 Å². The van der Waals surface area contributed by atoms with Gasteiger partial charge >= 0.3 is 0 Å². The SMILES string of the molecule is CCOc1cc(/C=C(\C#N)C(=O)Nc2cccc([N+](=O)[O-])c2)ccc1OCC(=O)Nc1cccc(C)c1. The number of hydrogen-bond acceptors (Lipinski definition) is 7. The van der Waals surface area contributed by atoms with Gasteiger partial charge in [0.15, 0.2) is 18.1 Å². The van der Waals surface area contributed by atoms with Crippen molar-refractivity contribution in [3.63, 3.8) is 0 Å². The van der Waals surface area contributed by atoms with Gasteiger partial charge in [0.1, 0.15) is 11.6 Å². The van der Waals surface area contributed by atoms with Crippen LogP contribution >= 0.6 is 0 Å². The number of nitro groups is 1. The van der Waals surface area contributed by atoms with E-state index in [4.69, 9.17) is 9.47 Å². The molecule has 2 N–H and O–H groups in total. The van der Waals surface area contributed by atoms with Crippen molar-refractivity contribution in [2.45, 2.75) is 13.8 Å². The third-order valence-electron chi connectivity index (χ3n) is 4.92. The molecule has 0 aliphatic rings. The number of aryl methyl sites for hydroxylation is 1. The molecule has 0 heterocycles. The summed E-state index contributed by atoms with van der Waals surface area (Å²) in [6, 6.07) is 19.4. The highest BCUT2D eigenvalue weighted by Gasteiger charge is 2.14. The predicted octanol–water partition coefficient (Wildman–Crippen LogP) is 4.87. The Morgan fingerprint density at radius 3 is 2.41 bits per heavy atom. The summed E-state index contributed by atoms with van der Waals surface area (Å²) in [5, 5.41) is 25.7. The third-order valence-corrected chi connectivity index (χ3v) is 4.92. The Hall–Kier alpha value is -5.17. The maximum absolute atomic E-state index is 12.6. The van der Waals surface area contributed by atoms with Crippen LogP contribution in [-0.2, 0) is 9.59 Å². The number of amides is 2. The molecule has 10 nitrogen and oxygen atoms in total. The molecule has 0 aliphatic carbocycles. The average Bonchev–Trinajstić information content (AvgIpc) is 2.87. The summed E-state index contributed by atoms with van der Waals surface area (Å²) >= 11 is 0. The normalized spacial score (nSPS) is 10.7. The Bertz CT molecular complexity index is 1390. The van der Waals surface area contributed by atoms with Crippen molar-refractivity contribution in [2.75, 3.05) is 23.8 Å². The van der Waals surface area contributed by atoms with Gasteiger partial charge < -0.3 is 20.1 Å². The molecule has 37 heavy (non-hydrogen) atoms. The maximum Gasteiger partial charge on any atom is 0.271 e. The smallest absolute Gasteiger partial charge is 0.271 e. The van der Waals surface area contributed by atoms with E-state index >= 15 is 0 Å². The van der Waals surface area contributed by atoms with Crippen LogP contribution in [0, 0.1) is 28.4 Å². The molecule has 0 spiro atoms. The lowest BCUT2D eigenvalue weighted by atomic mass is 10.1. The van der Waals surface area contributed by atoms with E-state index in [1.165, 1.54) is 30.3 Å². The highest BCUT2D eigenvalue weighted by atomic mass is 16.6. The highest BCUT2D eigenvalue weighted by molar-refractivity contribution is 6.09. The fourth-order valence-electron chi connectivity index (χ4n) is 3.28. The number of rotatable bonds is 10. The van der Waals surface area contributed by atoms with Crippen LogP contribution in [0.5, 0.6) is 11.5 Å². The summed E-state index contributed by atoms with van der Waals surface area (Å²) in [6.07, 6.45) is 1.35. The largest absolute Gasteiger partial charge is 0.490 e. The monoisotopic (exact) mass is 500 g/mol. The van der Waals surface area contributed by atoms with E-state index in [1.54, 1.807) is 31.2 Å². The van der Waals surface area contributed by atoms with Crippen LogP contribution < -0.4 is 20.1 Å². The summed E-state index contributed by atoms with van der Waals surface area (Å²) < 4.78 is 11.3. The van der Waals surface area contributed by atoms with Crippen molar-refractivity contribution >= 4 is 35.0 Å². The standard InChI is InChI=1S/C27H24N4O6/c1-3-36-25-14-19(10-11-24(25)37-17-26(32)29-21-7-4-6-18(2)12-21)13-20(16-28)27(33)30-22-8-5-9-23(15-22)31(34)35/h4-15H,3,17H2,1-2H3,(H,29,32)(H,30,33)/b20-13+. The van der Waals surface area contributed by atoms with E-state index in [0.29, 0.717) is 29.4 Å². The molecule has 0 aromatic heterocycles. The van der Waals surface area contributed by atoms with Gasteiger partial charge in [-0.25, -0.2) is 0 Å². The molecule has 3 rings (SSSR count). The zero-order chi connectivity index (χ0) is 26.8. The first kappa shape index (κ1) is 26.4. The first-order valence-corrected chi connectivity index (χ1v) is 11.2. The number of nitrogens with zero attached hydrogens (tertiary/aromatic N) is 2. The molecular formula is C27H24N4O6. The molecule has 0 radical (unpaired) electrons. The molecule has 3 aromatic rings. The lowest BCUT2D eigenvalue weighted by Crippen LogP contribution is -2.20. The number of nitro benzene ring substituents is 1. The molecule has 0 aliphatic heterocycles. The number of carbonyl (C=O) groups is 2. The first-order chi connectivity index (χ1) is 17.8. The van der Waals surface area contributed by atoms with Gasteiger partial charge in [-0.1, -0.05) is 24.3 Å². The van der Waals surface area contributed by atoms with Crippen LogP contribution in [0.1, 0.15) is 18.1 Å². The summed E-state index contributed by atoms with van der Waals surface area (Å²) in [7, 11) is 0. The van der Waals surface area contributed by atoms with E-state index in [1.807, 2.05) is 31.2 Å². The van der Waals surface area contributed by atoms with Crippen LogP contribution in [0.4, 0.5) is 17.1 Å². The minimum Gasteiger partial charge on any atom is -0.490 e. The second-order valence-electron chi connectivity index (χ2n) is 7.78. The molecule has 0 unspecified atom stereocenters. The highest BCUT2D eigenvalue weighted by Crippen LogP contribution is 2.29. The molecule has 3 aromatic carbocycles. The maximum atomic E-state index is 12.6. The summed E-state index contributed by atoms with van der Waals surface area (Å²) in [6.45, 7) is 3.77. The minimum atomic E-state index is -0.728. The molecule has 188 valence electrons. The Kier molecular flexibility index (Phi) is 8.94. The summed E-state index contributed by atoms with van der Waals surface area (Å²) in [5.74, 6) is -0.426. The molecule has 0 saturated carbocycles. The Labute approximate surface area is 213 Å². The van der Waals surface area contributed by atoms with Gasteiger partial charge in [0.2, 0.25) is 0 Å². The molecule has 0 atom stereocenters. The number of anilines is 2. The van der Waals surface area contributed by atoms with Crippen LogP contribution in [0.15, 0.2) is 72.3 Å². The third kappa shape index (κ3) is 7.66. The second kappa shape index (κ2) is 12.5. The van der Waals surface area contributed by atoms with Crippen molar-refractivity contribution in [3.8, 4) is 17.6 Å². The average molecular weight is 501 g/mol. The zero-order valence-electron chi connectivity index (χ0n) is 20.2. The minimum absolute atomic E-state index is 0.183. The van der Waals surface area contributed by atoms with Crippen LogP contribution in [0.25, 0.3) is 6.08 Å². The molecule has 2 amide bonds. The molecule has 0 fully saturated rings. The van der Waals surface area contributed by atoms with E-state index in [0.717, 1.165) is 5.56 Å². The summed E-state index contributed by atoms with van der Waals surface area (Å²) in [5.41, 5.74) is 1.92. The number of non-ortho nitro benzene ring substituents is 1. The van der Waals surface area contributed by atoms with E-state index in [9.17, 15) is 25.0 Å². The quantitative estimate of drug-likeness (QED) is 0.175. The number of benzene rings is 3. The van der Waals surface area contributed by atoms with Crippen molar-refractivity contribution in [1.29, 1.82) is 5.26 Å². The molecular weight excluding hydrogens is 476 g/mol. The van der Waals surface area contributed by atoms with Gasteiger partial charge in [-0.2, -0.15) is 5.26 Å². The van der Waals surface area contributed by atoms with Crippen molar-refractivity contribution in [3.05, 3.63) is 93.5 Å². The van der Waals surface area contributed by atoms with Crippen molar-refractivity contribution in [2.24, 2.45) is 0 Å². The second-order valence-corrected chi connectivity index (χ2v) is 7.78. The molecule has 0 saturated heterocycles.